The number of hydrazone groups is 1. The first-order valence-electron chi connectivity index (χ1n) is 9.27. The molecule has 1 aromatic carbocycles. The number of nitrogens with one attached hydrogen (secondary N) is 1. The molecule has 0 unspecified atom stereocenters. The summed E-state index contributed by atoms with van der Waals surface area (Å²) in [5.41, 5.74) is 5.37. The Kier molecular flexibility index (Phi) is 3.82. The highest BCUT2D eigenvalue weighted by Gasteiger charge is 2.59. The Morgan fingerprint density at radius 3 is 2.81 bits per heavy atom. The standard InChI is InChI=1S/C20H25N3O3/c1-19(2)13-8-10-20(19,3)16(12-13)21-22-17(24)9-11-23-14-6-4-5-7-15(14)26-18(23)25/h4-7,13H,8-12H2,1-3H3,(H,22,24)/b21-16+/t13-,20-/m1/s1. The summed E-state index contributed by atoms with van der Waals surface area (Å²) in [5, 5.41) is 4.46. The average Bonchev–Trinajstić information content (AvgIpc) is 3.11. The van der Waals surface area contributed by atoms with Crippen molar-refractivity contribution in [3.8, 4) is 0 Å². The topological polar surface area (TPSA) is 76.6 Å². The van der Waals surface area contributed by atoms with Gasteiger partial charge in [-0.15, -0.1) is 0 Å². The van der Waals surface area contributed by atoms with Crippen LogP contribution in [0.2, 0.25) is 0 Å². The molecular weight excluding hydrogens is 330 g/mol. The lowest BCUT2D eigenvalue weighted by Gasteiger charge is -2.34. The molecule has 1 aromatic heterocycles. The second kappa shape index (κ2) is 5.83. The predicted molar refractivity (Wildman–Crippen MR) is 99.9 cm³/mol. The number of para-hydroxylation sites is 2. The van der Waals surface area contributed by atoms with Crippen LogP contribution < -0.4 is 11.2 Å². The molecule has 1 N–H and O–H groups in total. The molecule has 0 spiro atoms. The number of amides is 1. The van der Waals surface area contributed by atoms with E-state index in [-0.39, 0.29) is 29.7 Å². The van der Waals surface area contributed by atoms with Gasteiger partial charge < -0.3 is 4.42 Å². The molecule has 1 amide bonds. The first-order chi connectivity index (χ1) is 12.3. The van der Waals surface area contributed by atoms with Crippen molar-refractivity contribution in [2.75, 3.05) is 0 Å². The highest BCUT2D eigenvalue weighted by atomic mass is 16.4. The number of aryl methyl sites for hydroxylation is 1. The van der Waals surface area contributed by atoms with Crippen LogP contribution >= 0.6 is 0 Å². The van der Waals surface area contributed by atoms with Gasteiger partial charge in [-0.3, -0.25) is 9.36 Å². The fraction of sp³-hybridized carbons (Fsp3) is 0.550. The molecule has 2 saturated carbocycles. The summed E-state index contributed by atoms with van der Waals surface area (Å²) < 4.78 is 6.68. The molecule has 2 aromatic rings. The van der Waals surface area contributed by atoms with Gasteiger partial charge >= 0.3 is 5.76 Å². The van der Waals surface area contributed by atoms with E-state index in [1.165, 1.54) is 11.0 Å². The molecule has 4 rings (SSSR count). The Morgan fingerprint density at radius 1 is 1.35 bits per heavy atom. The van der Waals surface area contributed by atoms with Crippen LogP contribution in [0.3, 0.4) is 0 Å². The lowest BCUT2D eigenvalue weighted by molar-refractivity contribution is -0.121. The number of carbonyl (C=O) groups is 1. The van der Waals surface area contributed by atoms with Crippen molar-refractivity contribution in [2.24, 2.45) is 21.8 Å². The molecule has 2 bridgehead atoms. The van der Waals surface area contributed by atoms with Gasteiger partial charge in [0, 0.05) is 24.1 Å². The van der Waals surface area contributed by atoms with E-state index in [0.717, 1.165) is 18.6 Å². The number of hydrogen-bond donors (Lipinski definition) is 1. The number of rotatable bonds is 4. The van der Waals surface area contributed by atoms with Crippen LogP contribution in [-0.2, 0) is 11.3 Å². The van der Waals surface area contributed by atoms with E-state index in [0.29, 0.717) is 17.0 Å². The summed E-state index contributed by atoms with van der Waals surface area (Å²) in [5.74, 6) is 0.0329. The smallest absolute Gasteiger partial charge is 0.408 e. The van der Waals surface area contributed by atoms with Gasteiger partial charge in [0.25, 0.3) is 0 Å². The third-order valence-electron chi connectivity index (χ3n) is 6.96. The zero-order valence-corrected chi connectivity index (χ0v) is 15.5. The molecule has 138 valence electrons. The maximum absolute atomic E-state index is 12.3. The molecule has 0 saturated heterocycles. The van der Waals surface area contributed by atoms with E-state index in [1.807, 2.05) is 18.2 Å². The fourth-order valence-electron chi connectivity index (χ4n) is 4.72. The number of aromatic nitrogens is 1. The SMILES string of the molecule is CC1(C)[C@@H]2CC[C@]1(C)/C(=N/NC(=O)CCn1c(=O)oc3ccccc31)C2. The summed E-state index contributed by atoms with van der Waals surface area (Å²) in [7, 11) is 0. The Morgan fingerprint density at radius 2 is 2.12 bits per heavy atom. The minimum absolute atomic E-state index is 0.0721. The molecule has 1 heterocycles. The van der Waals surface area contributed by atoms with Gasteiger partial charge in [0.15, 0.2) is 5.58 Å². The van der Waals surface area contributed by atoms with Gasteiger partial charge in [0.2, 0.25) is 5.91 Å². The van der Waals surface area contributed by atoms with Crippen molar-refractivity contribution in [3.05, 3.63) is 34.8 Å². The average molecular weight is 355 g/mol. The number of oxazole rings is 1. The third-order valence-corrected chi connectivity index (χ3v) is 6.96. The Labute approximate surface area is 152 Å². The summed E-state index contributed by atoms with van der Waals surface area (Å²) >= 11 is 0. The second-order valence-corrected chi connectivity index (χ2v) is 8.32. The van der Waals surface area contributed by atoms with E-state index >= 15 is 0 Å². The minimum Gasteiger partial charge on any atom is -0.408 e. The quantitative estimate of drug-likeness (QED) is 0.855. The normalized spacial score (nSPS) is 28.1. The van der Waals surface area contributed by atoms with Crippen molar-refractivity contribution in [1.29, 1.82) is 0 Å². The maximum Gasteiger partial charge on any atom is 0.419 e. The largest absolute Gasteiger partial charge is 0.419 e. The van der Waals surface area contributed by atoms with Crippen molar-refractivity contribution in [3.63, 3.8) is 0 Å². The van der Waals surface area contributed by atoms with Crippen molar-refractivity contribution >= 4 is 22.7 Å². The van der Waals surface area contributed by atoms with Crippen LogP contribution in [0, 0.1) is 16.7 Å². The molecule has 6 nitrogen and oxygen atoms in total. The zero-order valence-electron chi connectivity index (χ0n) is 15.5. The molecule has 2 aliphatic carbocycles. The molecule has 2 aliphatic rings. The molecule has 2 atom stereocenters. The Bertz CT molecular complexity index is 953. The molecular formula is C20H25N3O3. The van der Waals surface area contributed by atoms with Gasteiger partial charge in [-0.2, -0.15) is 5.10 Å². The summed E-state index contributed by atoms with van der Waals surface area (Å²) in [6, 6.07) is 7.22. The lowest BCUT2D eigenvalue weighted by Crippen LogP contribution is -2.34. The van der Waals surface area contributed by atoms with Gasteiger partial charge in [-0.1, -0.05) is 32.9 Å². The number of benzene rings is 1. The van der Waals surface area contributed by atoms with Crippen molar-refractivity contribution < 1.29 is 9.21 Å². The van der Waals surface area contributed by atoms with Crippen LogP contribution in [0.4, 0.5) is 0 Å². The van der Waals surface area contributed by atoms with Gasteiger partial charge in [0.1, 0.15) is 0 Å². The van der Waals surface area contributed by atoms with Gasteiger partial charge in [-0.25, -0.2) is 10.2 Å². The summed E-state index contributed by atoms with van der Waals surface area (Å²) in [6.45, 7) is 7.16. The maximum atomic E-state index is 12.3. The van der Waals surface area contributed by atoms with Crippen LogP contribution in [0.25, 0.3) is 11.1 Å². The first-order valence-corrected chi connectivity index (χ1v) is 9.27. The van der Waals surface area contributed by atoms with Gasteiger partial charge in [0.05, 0.1) is 5.52 Å². The monoisotopic (exact) mass is 355 g/mol. The van der Waals surface area contributed by atoms with Gasteiger partial charge in [-0.05, 0) is 42.7 Å². The van der Waals surface area contributed by atoms with E-state index in [4.69, 9.17) is 4.42 Å². The second-order valence-electron chi connectivity index (χ2n) is 8.32. The molecule has 2 fully saturated rings. The highest BCUT2D eigenvalue weighted by molar-refractivity contribution is 5.95. The minimum atomic E-state index is -0.437. The predicted octanol–water partition coefficient (Wildman–Crippen LogP) is 3.30. The van der Waals surface area contributed by atoms with Crippen LogP contribution in [0.15, 0.2) is 38.6 Å². The lowest BCUT2D eigenvalue weighted by atomic mass is 9.70. The van der Waals surface area contributed by atoms with Crippen LogP contribution in [0.5, 0.6) is 0 Å². The number of carbonyl (C=O) groups excluding carboxylic acids is 1. The fourth-order valence-corrected chi connectivity index (χ4v) is 4.72. The van der Waals surface area contributed by atoms with Crippen LogP contribution in [0.1, 0.15) is 46.5 Å². The van der Waals surface area contributed by atoms with Crippen molar-refractivity contribution in [2.45, 2.75) is 53.0 Å². The summed E-state index contributed by atoms with van der Waals surface area (Å²) in [6.07, 6.45) is 3.53. The number of nitrogens with zero attached hydrogens (tertiary/aromatic N) is 2. The Hall–Kier alpha value is -2.37. The highest BCUT2D eigenvalue weighted by Crippen LogP contribution is 2.63. The first kappa shape index (κ1) is 17.1. The number of hydrogen-bond acceptors (Lipinski definition) is 4. The van der Waals surface area contributed by atoms with Crippen LogP contribution in [-0.4, -0.2) is 16.2 Å². The Balaban J connectivity index is 1.42. The van der Waals surface area contributed by atoms with Crippen molar-refractivity contribution in [1.82, 2.24) is 9.99 Å². The zero-order chi connectivity index (χ0) is 18.5. The molecule has 26 heavy (non-hydrogen) atoms. The molecule has 6 heteroatoms. The van der Waals surface area contributed by atoms with E-state index < -0.39 is 5.76 Å². The number of fused-ring (bicyclic) bond motifs is 3. The van der Waals surface area contributed by atoms with E-state index in [9.17, 15) is 9.59 Å². The van der Waals surface area contributed by atoms with E-state index in [2.05, 4.69) is 31.3 Å². The van der Waals surface area contributed by atoms with E-state index in [1.54, 1.807) is 6.07 Å². The molecule has 0 radical (unpaired) electrons. The third kappa shape index (κ3) is 2.42. The summed E-state index contributed by atoms with van der Waals surface area (Å²) in [4.78, 5) is 24.2. The molecule has 0 aliphatic heterocycles.